The molecular formula is C19H21Cl2N3OS. The lowest BCUT2D eigenvalue weighted by atomic mass is 9.84. The second-order valence-corrected chi connectivity index (χ2v) is 7.97. The molecule has 3 saturated heterocycles. The average molecular weight is 410 g/mol. The number of carbonyl (C=O) groups is 1. The molecule has 3 fully saturated rings. The van der Waals surface area contributed by atoms with Crippen molar-refractivity contribution in [3.05, 3.63) is 42.2 Å². The Morgan fingerprint density at radius 3 is 2.62 bits per heavy atom. The molecule has 3 aromatic rings. The van der Waals surface area contributed by atoms with Crippen LogP contribution in [-0.4, -0.2) is 41.5 Å². The molecule has 0 unspecified atom stereocenters. The number of aromatic nitrogens is 1. The summed E-state index contributed by atoms with van der Waals surface area (Å²) < 4.78 is 2.37. The van der Waals surface area contributed by atoms with E-state index in [2.05, 4.69) is 27.3 Å². The lowest BCUT2D eigenvalue weighted by molar-refractivity contribution is 0.0618. The number of benzene rings is 1. The van der Waals surface area contributed by atoms with Crippen LogP contribution in [0.3, 0.4) is 0 Å². The maximum atomic E-state index is 12.7. The van der Waals surface area contributed by atoms with Crippen molar-refractivity contribution in [1.29, 1.82) is 0 Å². The third-order valence-electron chi connectivity index (χ3n) is 5.47. The highest BCUT2D eigenvalue weighted by Crippen LogP contribution is 2.33. The predicted octanol–water partition coefficient (Wildman–Crippen LogP) is 4.12. The van der Waals surface area contributed by atoms with Crippen molar-refractivity contribution in [1.82, 2.24) is 15.2 Å². The molecule has 3 aliphatic heterocycles. The van der Waals surface area contributed by atoms with Gasteiger partial charge < -0.3 is 10.2 Å². The molecule has 7 heteroatoms. The summed E-state index contributed by atoms with van der Waals surface area (Å²) in [6, 6.07) is 10.5. The third-order valence-corrected chi connectivity index (χ3v) is 6.60. The van der Waals surface area contributed by atoms with Crippen LogP contribution in [-0.2, 0) is 0 Å². The zero-order valence-electron chi connectivity index (χ0n) is 14.2. The van der Waals surface area contributed by atoms with Gasteiger partial charge in [-0.25, -0.2) is 0 Å². The fourth-order valence-corrected chi connectivity index (χ4v) is 5.23. The Bertz CT molecular complexity index is 937. The van der Waals surface area contributed by atoms with Crippen molar-refractivity contribution in [3.8, 4) is 0 Å². The Morgan fingerprint density at radius 1 is 1.12 bits per heavy atom. The van der Waals surface area contributed by atoms with Crippen LogP contribution in [0.25, 0.3) is 20.2 Å². The van der Waals surface area contributed by atoms with Crippen LogP contribution in [0.4, 0.5) is 0 Å². The Morgan fingerprint density at radius 2 is 1.88 bits per heavy atom. The highest BCUT2D eigenvalue weighted by atomic mass is 35.5. The topological polar surface area (TPSA) is 45.2 Å². The minimum absolute atomic E-state index is 0. The SMILES string of the molecule is Cl.Cl.O=C(N[C@H]1CN2CCC1CC2)c1cc2sc3ccccc3c2cn1. The number of thiophene rings is 1. The highest BCUT2D eigenvalue weighted by molar-refractivity contribution is 7.25. The summed E-state index contributed by atoms with van der Waals surface area (Å²) in [6.45, 7) is 3.35. The molecule has 26 heavy (non-hydrogen) atoms. The molecule has 138 valence electrons. The minimum atomic E-state index is -0.0342. The molecule has 1 amide bonds. The monoisotopic (exact) mass is 409 g/mol. The van der Waals surface area contributed by atoms with Crippen LogP contribution in [0.5, 0.6) is 0 Å². The van der Waals surface area contributed by atoms with Crippen LogP contribution >= 0.6 is 36.2 Å². The van der Waals surface area contributed by atoms with Crippen molar-refractivity contribution in [2.24, 2.45) is 5.92 Å². The van der Waals surface area contributed by atoms with Crippen molar-refractivity contribution in [2.75, 3.05) is 19.6 Å². The van der Waals surface area contributed by atoms with E-state index in [1.807, 2.05) is 24.4 Å². The first-order valence-corrected chi connectivity index (χ1v) is 9.40. The fraction of sp³-hybridized carbons (Fsp3) is 0.368. The predicted molar refractivity (Wildman–Crippen MR) is 112 cm³/mol. The Labute approximate surface area is 168 Å². The Hall–Kier alpha value is -1.40. The van der Waals surface area contributed by atoms with Gasteiger partial charge in [-0.15, -0.1) is 36.2 Å². The van der Waals surface area contributed by atoms with Crippen molar-refractivity contribution in [3.63, 3.8) is 0 Å². The van der Waals surface area contributed by atoms with Crippen molar-refractivity contribution in [2.45, 2.75) is 18.9 Å². The molecule has 4 nitrogen and oxygen atoms in total. The van der Waals surface area contributed by atoms with Gasteiger partial charge in [0.1, 0.15) is 5.69 Å². The molecule has 3 aliphatic rings. The molecule has 0 saturated carbocycles. The molecule has 5 heterocycles. The number of piperidine rings is 3. The van der Waals surface area contributed by atoms with Gasteiger partial charge >= 0.3 is 0 Å². The van der Waals surface area contributed by atoms with E-state index in [0.29, 0.717) is 11.6 Å². The van der Waals surface area contributed by atoms with Crippen molar-refractivity contribution >= 4 is 62.2 Å². The largest absolute Gasteiger partial charge is 0.346 e. The second kappa shape index (κ2) is 7.69. The molecule has 6 rings (SSSR count). The number of nitrogens with one attached hydrogen (secondary N) is 1. The summed E-state index contributed by atoms with van der Waals surface area (Å²) in [5.74, 6) is 0.597. The second-order valence-electron chi connectivity index (χ2n) is 6.88. The first-order chi connectivity index (χ1) is 11.8. The van der Waals surface area contributed by atoms with Gasteiger partial charge in [0.2, 0.25) is 0 Å². The quantitative estimate of drug-likeness (QED) is 0.692. The van der Waals surface area contributed by atoms with Gasteiger partial charge in [-0.3, -0.25) is 9.78 Å². The first-order valence-electron chi connectivity index (χ1n) is 8.58. The minimum Gasteiger partial charge on any atom is -0.346 e. The number of fused-ring (bicyclic) bond motifs is 6. The molecule has 1 aromatic carbocycles. The molecule has 2 bridgehead atoms. The van der Waals surface area contributed by atoms with Crippen LogP contribution in [0, 0.1) is 5.92 Å². The van der Waals surface area contributed by atoms with E-state index >= 15 is 0 Å². The molecule has 2 aromatic heterocycles. The number of carbonyl (C=O) groups excluding carboxylic acids is 1. The zero-order valence-corrected chi connectivity index (χ0v) is 16.6. The molecule has 0 spiro atoms. The maximum absolute atomic E-state index is 12.7. The number of amides is 1. The summed E-state index contributed by atoms with van der Waals surface area (Å²) in [7, 11) is 0. The van der Waals surface area contributed by atoms with Crippen molar-refractivity contribution < 1.29 is 4.79 Å². The van der Waals surface area contributed by atoms with E-state index in [1.54, 1.807) is 11.3 Å². The molecule has 1 N–H and O–H groups in total. The standard InChI is InChI=1S/C19H19N3OS.2ClH/c23-19(21-16-11-22-7-5-12(16)6-8-22)15-9-18-14(10-20-15)13-3-1-2-4-17(13)24-18;;/h1-4,9-10,12,16H,5-8,11H2,(H,21,23);2*1H/t16-;;/m0../s1. The van der Waals surface area contributed by atoms with E-state index < -0.39 is 0 Å². The number of hydrogen-bond donors (Lipinski definition) is 1. The molecule has 0 radical (unpaired) electrons. The first kappa shape index (κ1) is 19.4. The number of rotatable bonds is 2. The van der Waals surface area contributed by atoms with Gasteiger partial charge in [-0.1, -0.05) is 18.2 Å². The summed E-state index contributed by atoms with van der Waals surface area (Å²) >= 11 is 1.72. The van der Waals surface area contributed by atoms with E-state index in [-0.39, 0.29) is 36.8 Å². The van der Waals surface area contributed by atoms with Gasteiger partial charge in [0.05, 0.1) is 0 Å². The average Bonchev–Trinajstić information content (AvgIpc) is 3.00. The van der Waals surface area contributed by atoms with Gasteiger partial charge in [0.25, 0.3) is 5.91 Å². The Kier molecular flexibility index (Phi) is 5.72. The number of halogens is 2. The Balaban J connectivity index is 0.000000980. The maximum Gasteiger partial charge on any atom is 0.270 e. The number of pyridine rings is 1. The number of nitrogens with zero attached hydrogens (tertiary/aromatic N) is 2. The van der Waals surface area contributed by atoms with E-state index in [0.717, 1.165) is 16.6 Å². The summed E-state index contributed by atoms with van der Waals surface area (Å²) in [5, 5.41) is 5.58. The zero-order chi connectivity index (χ0) is 16.1. The van der Waals surface area contributed by atoms with Gasteiger partial charge in [0, 0.05) is 39.0 Å². The smallest absolute Gasteiger partial charge is 0.270 e. The lowest BCUT2D eigenvalue weighted by Crippen LogP contribution is -2.57. The molecular weight excluding hydrogens is 389 g/mol. The normalized spacial score (nSPS) is 24.1. The summed E-state index contributed by atoms with van der Waals surface area (Å²) in [5.41, 5.74) is 0.533. The number of hydrogen-bond acceptors (Lipinski definition) is 4. The fourth-order valence-electron chi connectivity index (χ4n) is 4.12. The summed E-state index contributed by atoms with van der Waals surface area (Å²) in [6.07, 6.45) is 4.25. The molecule has 1 atom stereocenters. The van der Waals surface area contributed by atoms with E-state index in [9.17, 15) is 4.79 Å². The van der Waals surface area contributed by atoms with Gasteiger partial charge in [0.15, 0.2) is 0 Å². The third kappa shape index (κ3) is 3.29. The van der Waals surface area contributed by atoms with Crippen LogP contribution in [0.15, 0.2) is 36.5 Å². The van der Waals surface area contributed by atoms with Gasteiger partial charge in [-0.2, -0.15) is 0 Å². The van der Waals surface area contributed by atoms with E-state index in [4.69, 9.17) is 0 Å². The summed E-state index contributed by atoms with van der Waals surface area (Å²) in [4.78, 5) is 19.6. The van der Waals surface area contributed by atoms with Gasteiger partial charge in [-0.05, 0) is 44.0 Å². The highest BCUT2D eigenvalue weighted by Gasteiger charge is 2.35. The van der Waals surface area contributed by atoms with Crippen LogP contribution in [0.2, 0.25) is 0 Å². The van der Waals surface area contributed by atoms with Crippen LogP contribution in [0.1, 0.15) is 23.3 Å². The molecule has 0 aliphatic carbocycles. The lowest BCUT2D eigenvalue weighted by Gasteiger charge is -2.44. The van der Waals surface area contributed by atoms with Crippen LogP contribution < -0.4 is 5.32 Å². The van der Waals surface area contributed by atoms with E-state index in [1.165, 1.54) is 36.0 Å².